The lowest BCUT2D eigenvalue weighted by molar-refractivity contribution is -0.0783. The summed E-state index contributed by atoms with van der Waals surface area (Å²) in [6.45, 7) is 5.80. The van der Waals surface area contributed by atoms with Crippen LogP contribution in [0.2, 0.25) is 0 Å². The number of hydrogen-bond acceptors (Lipinski definition) is 4. The molecule has 21 heavy (non-hydrogen) atoms. The number of hydrogen-bond donors (Lipinski definition) is 1. The predicted octanol–water partition coefficient (Wildman–Crippen LogP) is 2.92. The summed E-state index contributed by atoms with van der Waals surface area (Å²) in [5.41, 5.74) is -0.0984. The first-order chi connectivity index (χ1) is 9.93. The molecule has 126 valence electrons. The van der Waals surface area contributed by atoms with Crippen molar-refractivity contribution >= 4 is 9.84 Å². The maximum absolute atomic E-state index is 11.4. The van der Waals surface area contributed by atoms with Gasteiger partial charge in [0.1, 0.15) is 9.84 Å². The van der Waals surface area contributed by atoms with E-state index in [0.717, 1.165) is 32.4 Å². The minimum atomic E-state index is -2.87. The van der Waals surface area contributed by atoms with Crippen LogP contribution in [-0.4, -0.2) is 45.2 Å². The molecule has 0 aromatic rings. The number of ether oxygens (including phenoxy) is 1. The summed E-state index contributed by atoms with van der Waals surface area (Å²) < 4.78 is 28.9. The van der Waals surface area contributed by atoms with Crippen molar-refractivity contribution < 1.29 is 13.2 Å². The van der Waals surface area contributed by atoms with Gasteiger partial charge in [-0.25, -0.2) is 8.42 Å². The Labute approximate surface area is 130 Å². The molecule has 0 aromatic carbocycles. The van der Waals surface area contributed by atoms with Crippen LogP contribution in [-0.2, 0) is 14.6 Å². The van der Waals surface area contributed by atoms with Crippen molar-refractivity contribution in [1.82, 2.24) is 5.32 Å². The molecule has 0 amide bonds. The monoisotopic (exact) mass is 319 g/mol. The molecule has 1 unspecified atom stereocenters. The van der Waals surface area contributed by atoms with E-state index in [1.165, 1.54) is 31.9 Å². The summed E-state index contributed by atoms with van der Waals surface area (Å²) in [5, 5.41) is 3.57. The smallest absolute Gasteiger partial charge is 0.147 e. The largest absolute Gasteiger partial charge is 0.374 e. The summed E-state index contributed by atoms with van der Waals surface area (Å²) in [6.07, 6.45) is 10.1. The lowest BCUT2D eigenvalue weighted by Crippen LogP contribution is -2.52. The fourth-order valence-electron chi connectivity index (χ4n) is 3.56. The Kier molecular flexibility index (Phi) is 8.21. The summed E-state index contributed by atoms with van der Waals surface area (Å²) in [5.74, 6) is 0.275. The van der Waals surface area contributed by atoms with Gasteiger partial charge in [0.15, 0.2) is 0 Å². The molecular formula is C16H33NO3S. The Balaban J connectivity index is 2.75. The third-order valence-corrected chi connectivity index (χ3v) is 5.51. The number of nitrogens with one attached hydrogen (secondary N) is 1. The van der Waals surface area contributed by atoms with E-state index < -0.39 is 9.84 Å². The van der Waals surface area contributed by atoms with E-state index in [2.05, 4.69) is 19.2 Å². The third kappa shape index (κ3) is 6.66. The van der Waals surface area contributed by atoms with Crippen molar-refractivity contribution in [2.45, 2.75) is 76.9 Å². The summed E-state index contributed by atoms with van der Waals surface area (Å²) >= 11 is 0. The van der Waals surface area contributed by atoms with Gasteiger partial charge in [-0.3, -0.25) is 0 Å². The zero-order valence-electron chi connectivity index (χ0n) is 14.0. The van der Waals surface area contributed by atoms with E-state index >= 15 is 0 Å². The highest BCUT2D eigenvalue weighted by atomic mass is 32.2. The Morgan fingerprint density at radius 3 is 2.24 bits per heavy atom. The minimum absolute atomic E-state index is 0.0984. The zero-order valence-corrected chi connectivity index (χ0v) is 14.8. The highest BCUT2D eigenvalue weighted by Gasteiger charge is 2.39. The van der Waals surface area contributed by atoms with Gasteiger partial charge in [0.05, 0.1) is 5.60 Å². The van der Waals surface area contributed by atoms with Crippen LogP contribution in [0.5, 0.6) is 0 Å². The van der Waals surface area contributed by atoms with Crippen molar-refractivity contribution in [3.8, 4) is 0 Å². The van der Waals surface area contributed by atoms with Crippen LogP contribution in [0.3, 0.4) is 0 Å². The fraction of sp³-hybridized carbons (Fsp3) is 1.00. The van der Waals surface area contributed by atoms with Gasteiger partial charge in [-0.2, -0.15) is 0 Å². The molecular weight excluding hydrogens is 286 g/mol. The van der Waals surface area contributed by atoms with Crippen molar-refractivity contribution in [2.24, 2.45) is 0 Å². The molecule has 0 aromatic heterocycles. The Hall–Kier alpha value is -0.130. The first-order valence-electron chi connectivity index (χ1n) is 8.48. The molecule has 4 nitrogen and oxygen atoms in total. The van der Waals surface area contributed by atoms with Crippen LogP contribution in [0.25, 0.3) is 0 Å². The predicted molar refractivity (Wildman–Crippen MR) is 88.5 cm³/mol. The van der Waals surface area contributed by atoms with Gasteiger partial charge >= 0.3 is 0 Å². The van der Waals surface area contributed by atoms with Gasteiger partial charge in [0.25, 0.3) is 0 Å². The summed E-state index contributed by atoms with van der Waals surface area (Å²) in [6, 6.07) is 0.266. The fourth-order valence-corrected chi connectivity index (χ4v) is 4.25. The molecule has 1 atom stereocenters. The molecule has 1 saturated carbocycles. The van der Waals surface area contributed by atoms with Crippen LogP contribution < -0.4 is 5.32 Å². The SMILES string of the molecule is CCNC(CCCS(C)(=O)=O)C1(OCC)CCCCCC1. The maximum atomic E-state index is 11.4. The maximum Gasteiger partial charge on any atom is 0.147 e. The van der Waals surface area contributed by atoms with Gasteiger partial charge < -0.3 is 10.1 Å². The van der Waals surface area contributed by atoms with Gasteiger partial charge in [0.2, 0.25) is 0 Å². The van der Waals surface area contributed by atoms with Crippen molar-refractivity contribution in [3.63, 3.8) is 0 Å². The molecule has 1 N–H and O–H groups in total. The second kappa shape index (κ2) is 9.11. The Morgan fingerprint density at radius 1 is 1.14 bits per heavy atom. The van der Waals surface area contributed by atoms with Gasteiger partial charge in [-0.15, -0.1) is 0 Å². The van der Waals surface area contributed by atoms with Crippen LogP contribution in [0, 0.1) is 0 Å². The minimum Gasteiger partial charge on any atom is -0.374 e. The molecule has 0 spiro atoms. The van der Waals surface area contributed by atoms with Gasteiger partial charge in [-0.1, -0.05) is 32.6 Å². The molecule has 1 fully saturated rings. The summed E-state index contributed by atoms with van der Waals surface area (Å²) in [4.78, 5) is 0. The van der Waals surface area contributed by atoms with E-state index in [9.17, 15) is 8.42 Å². The van der Waals surface area contributed by atoms with Crippen molar-refractivity contribution in [2.75, 3.05) is 25.2 Å². The number of likely N-dealkylation sites (N-methyl/N-ethyl adjacent to an activating group) is 1. The molecule has 1 aliphatic rings. The molecule has 1 aliphatic carbocycles. The van der Waals surface area contributed by atoms with Crippen LogP contribution in [0.4, 0.5) is 0 Å². The molecule has 0 radical (unpaired) electrons. The highest BCUT2D eigenvalue weighted by molar-refractivity contribution is 7.90. The second-order valence-corrected chi connectivity index (χ2v) is 8.55. The Bertz CT molecular complexity index is 373. The standard InChI is InChI=1S/C16H33NO3S/c1-4-17-15(11-10-14-21(3,18)19)16(20-5-2)12-8-6-7-9-13-16/h15,17H,4-14H2,1-3H3. The van der Waals surface area contributed by atoms with Crippen LogP contribution in [0.1, 0.15) is 65.2 Å². The normalized spacial score (nSPS) is 20.9. The average molecular weight is 320 g/mol. The van der Waals surface area contributed by atoms with Crippen LogP contribution in [0.15, 0.2) is 0 Å². The molecule has 0 saturated heterocycles. The topological polar surface area (TPSA) is 55.4 Å². The third-order valence-electron chi connectivity index (χ3n) is 4.48. The molecule has 1 rings (SSSR count). The quantitative estimate of drug-likeness (QED) is 0.664. The van der Waals surface area contributed by atoms with E-state index in [1.807, 2.05) is 0 Å². The highest BCUT2D eigenvalue weighted by Crippen LogP contribution is 2.35. The second-order valence-electron chi connectivity index (χ2n) is 6.29. The first-order valence-corrected chi connectivity index (χ1v) is 10.5. The summed E-state index contributed by atoms with van der Waals surface area (Å²) in [7, 11) is -2.87. The average Bonchev–Trinajstić information content (AvgIpc) is 2.63. The lowest BCUT2D eigenvalue weighted by Gasteiger charge is -2.41. The van der Waals surface area contributed by atoms with Gasteiger partial charge in [-0.05, 0) is 39.2 Å². The lowest BCUT2D eigenvalue weighted by atomic mass is 9.83. The van der Waals surface area contributed by atoms with Crippen LogP contribution >= 0.6 is 0 Å². The first kappa shape index (κ1) is 18.9. The van der Waals surface area contributed by atoms with E-state index in [4.69, 9.17) is 4.74 Å². The van der Waals surface area contributed by atoms with Gasteiger partial charge in [0, 0.05) is 24.7 Å². The molecule has 0 bridgehead atoms. The van der Waals surface area contributed by atoms with E-state index in [0.29, 0.717) is 6.42 Å². The molecule has 5 heteroatoms. The van der Waals surface area contributed by atoms with Crippen molar-refractivity contribution in [3.05, 3.63) is 0 Å². The molecule has 0 heterocycles. The zero-order chi connectivity index (χ0) is 15.8. The van der Waals surface area contributed by atoms with Crippen molar-refractivity contribution in [1.29, 1.82) is 0 Å². The number of sulfone groups is 1. The number of rotatable bonds is 9. The van der Waals surface area contributed by atoms with E-state index in [1.54, 1.807) is 0 Å². The molecule has 0 aliphatic heterocycles. The Morgan fingerprint density at radius 2 is 1.76 bits per heavy atom. The van der Waals surface area contributed by atoms with E-state index in [-0.39, 0.29) is 17.4 Å².